The first kappa shape index (κ1) is 18.1. The number of hydrogen-bond acceptors (Lipinski definition) is 3. The van der Waals surface area contributed by atoms with Crippen LogP contribution in [0, 0.1) is 13.8 Å². The molecule has 2 aromatic heterocycles. The second-order valence-corrected chi connectivity index (χ2v) is 7.10. The van der Waals surface area contributed by atoms with Gasteiger partial charge in [-0.15, -0.1) is 0 Å². The number of nitrogens with one attached hydrogen (secondary N) is 1. The second kappa shape index (κ2) is 7.28. The van der Waals surface area contributed by atoms with E-state index in [4.69, 9.17) is 4.98 Å². The molecule has 1 N–H and O–H groups in total. The lowest BCUT2D eigenvalue weighted by Gasteiger charge is -2.16. The van der Waals surface area contributed by atoms with Gasteiger partial charge in [-0.25, -0.2) is 4.98 Å². The van der Waals surface area contributed by atoms with E-state index >= 15 is 0 Å². The Morgan fingerprint density at radius 3 is 2.73 bits per heavy atom. The summed E-state index contributed by atoms with van der Waals surface area (Å²) in [6.45, 7) is 10.9. The molecular formula is C21H26N4O. The zero-order chi connectivity index (χ0) is 18.8. The van der Waals surface area contributed by atoms with Crippen molar-refractivity contribution < 1.29 is 4.79 Å². The molecule has 5 heteroatoms. The van der Waals surface area contributed by atoms with Crippen LogP contribution in [-0.4, -0.2) is 26.7 Å². The summed E-state index contributed by atoms with van der Waals surface area (Å²) in [5, 5.41) is 8.34. The molecule has 1 aromatic carbocycles. The molecule has 26 heavy (non-hydrogen) atoms. The van der Waals surface area contributed by atoms with Gasteiger partial charge in [-0.05, 0) is 51.8 Å². The summed E-state index contributed by atoms with van der Waals surface area (Å²) in [5.74, 6) is -0.0577. The van der Waals surface area contributed by atoms with Crippen LogP contribution in [0.25, 0.3) is 22.2 Å². The number of rotatable bonds is 5. The Labute approximate surface area is 154 Å². The van der Waals surface area contributed by atoms with Crippen LogP contribution in [0.3, 0.4) is 0 Å². The molecule has 136 valence electrons. The highest BCUT2D eigenvalue weighted by Gasteiger charge is 2.20. The van der Waals surface area contributed by atoms with E-state index in [1.165, 1.54) is 0 Å². The Morgan fingerprint density at radius 1 is 1.27 bits per heavy atom. The van der Waals surface area contributed by atoms with Gasteiger partial charge in [0.2, 0.25) is 0 Å². The molecule has 2 heterocycles. The second-order valence-electron chi connectivity index (χ2n) is 7.10. The van der Waals surface area contributed by atoms with Crippen molar-refractivity contribution in [2.45, 2.75) is 53.6 Å². The summed E-state index contributed by atoms with van der Waals surface area (Å²) in [4.78, 5) is 17.8. The number of amides is 1. The summed E-state index contributed by atoms with van der Waals surface area (Å²) >= 11 is 0. The van der Waals surface area contributed by atoms with Crippen LogP contribution >= 0.6 is 0 Å². The molecule has 0 aliphatic carbocycles. The van der Waals surface area contributed by atoms with Gasteiger partial charge in [0, 0.05) is 29.7 Å². The minimum absolute atomic E-state index is 0.0577. The predicted octanol–water partition coefficient (Wildman–Crippen LogP) is 4.26. The molecule has 5 nitrogen and oxygen atoms in total. The van der Waals surface area contributed by atoms with Crippen molar-refractivity contribution >= 4 is 16.8 Å². The van der Waals surface area contributed by atoms with Gasteiger partial charge in [-0.1, -0.05) is 18.6 Å². The zero-order valence-corrected chi connectivity index (χ0v) is 16.1. The Balaban J connectivity index is 2.22. The molecule has 3 rings (SSSR count). The third-order valence-corrected chi connectivity index (χ3v) is 4.39. The summed E-state index contributed by atoms with van der Waals surface area (Å²) in [6.07, 6.45) is 4.85. The number of aryl methyl sites for hydroxylation is 2. The first-order chi connectivity index (χ1) is 12.4. The number of carbonyl (C=O) groups is 1. The molecule has 0 radical (unpaired) electrons. The van der Waals surface area contributed by atoms with E-state index in [2.05, 4.69) is 17.3 Å². The maximum absolute atomic E-state index is 12.9. The molecule has 0 bridgehead atoms. The van der Waals surface area contributed by atoms with E-state index < -0.39 is 0 Å². The normalized spacial score (nSPS) is 11.3. The van der Waals surface area contributed by atoms with Crippen molar-refractivity contribution in [1.82, 2.24) is 20.1 Å². The van der Waals surface area contributed by atoms with Crippen LogP contribution in [0.2, 0.25) is 0 Å². The van der Waals surface area contributed by atoms with Gasteiger partial charge >= 0.3 is 0 Å². The monoisotopic (exact) mass is 350 g/mol. The first-order valence-corrected chi connectivity index (χ1v) is 9.15. The number of nitrogens with zero attached hydrogens (tertiary/aromatic N) is 3. The fourth-order valence-corrected chi connectivity index (χ4v) is 3.22. The Bertz CT molecular complexity index is 956. The summed E-state index contributed by atoms with van der Waals surface area (Å²) in [5.41, 5.74) is 5.28. The molecular weight excluding hydrogens is 324 g/mol. The van der Waals surface area contributed by atoms with Crippen molar-refractivity contribution in [1.29, 1.82) is 0 Å². The minimum Gasteiger partial charge on any atom is -0.350 e. The summed E-state index contributed by atoms with van der Waals surface area (Å²) in [7, 11) is 0. The zero-order valence-electron chi connectivity index (χ0n) is 16.1. The van der Waals surface area contributed by atoms with E-state index in [0.29, 0.717) is 5.56 Å². The van der Waals surface area contributed by atoms with Crippen molar-refractivity contribution in [3.63, 3.8) is 0 Å². The standard InChI is InChI=1S/C21H26N4O/c1-6-9-25-12-16(11-22-25)20-15(5)19(21(26)23-13(2)3)17-10-14(4)7-8-18(17)24-20/h7-8,10-13H,6,9H2,1-5H3,(H,23,26). The third-order valence-electron chi connectivity index (χ3n) is 4.39. The third kappa shape index (κ3) is 3.47. The van der Waals surface area contributed by atoms with Gasteiger partial charge < -0.3 is 5.32 Å². The van der Waals surface area contributed by atoms with Crippen molar-refractivity contribution in [3.8, 4) is 11.3 Å². The Kier molecular flexibility index (Phi) is 5.07. The molecule has 1 amide bonds. The van der Waals surface area contributed by atoms with Crippen LogP contribution in [-0.2, 0) is 6.54 Å². The number of pyridine rings is 1. The largest absolute Gasteiger partial charge is 0.350 e. The molecule has 0 spiro atoms. The maximum atomic E-state index is 12.9. The first-order valence-electron chi connectivity index (χ1n) is 9.15. The highest BCUT2D eigenvalue weighted by atomic mass is 16.1. The lowest BCUT2D eigenvalue weighted by molar-refractivity contribution is 0.0944. The molecule has 0 unspecified atom stereocenters. The molecule has 0 saturated heterocycles. The maximum Gasteiger partial charge on any atom is 0.252 e. The molecule has 0 saturated carbocycles. The van der Waals surface area contributed by atoms with E-state index in [1.807, 2.05) is 63.0 Å². The number of hydrogen-bond donors (Lipinski definition) is 1. The van der Waals surface area contributed by atoms with E-state index in [9.17, 15) is 4.79 Å². The van der Waals surface area contributed by atoms with Gasteiger partial charge in [-0.2, -0.15) is 5.10 Å². The lowest BCUT2D eigenvalue weighted by Crippen LogP contribution is -2.31. The minimum atomic E-state index is -0.0577. The van der Waals surface area contributed by atoms with Gasteiger partial charge in [0.1, 0.15) is 0 Å². The van der Waals surface area contributed by atoms with Crippen molar-refractivity contribution in [2.24, 2.45) is 0 Å². The van der Waals surface area contributed by atoms with Crippen molar-refractivity contribution in [3.05, 3.63) is 47.3 Å². The fraction of sp³-hybridized carbons (Fsp3) is 0.381. The molecule has 0 aliphatic heterocycles. The van der Waals surface area contributed by atoms with Gasteiger partial charge in [0.25, 0.3) is 5.91 Å². The van der Waals surface area contributed by atoms with Gasteiger partial charge in [0.05, 0.1) is 23.0 Å². The van der Waals surface area contributed by atoms with Crippen LogP contribution < -0.4 is 5.32 Å². The average Bonchev–Trinajstić information content (AvgIpc) is 3.02. The molecule has 0 fully saturated rings. The molecule has 0 aliphatic rings. The van der Waals surface area contributed by atoms with Gasteiger partial charge in [0.15, 0.2) is 0 Å². The number of benzene rings is 1. The van der Waals surface area contributed by atoms with Crippen LogP contribution in [0.4, 0.5) is 0 Å². The number of carbonyl (C=O) groups excluding carboxylic acids is 1. The topological polar surface area (TPSA) is 59.8 Å². The van der Waals surface area contributed by atoms with Crippen LogP contribution in [0.1, 0.15) is 48.7 Å². The summed E-state index contributed by atoms with van der Waals surface area (Å²) in [6, 6.07) is 6.12. The fourth-order valence-electron chi connectivity index (χ4n) is 3.22. The SMILES string of the molecule is CCCn1cc(-c2nc3ccc(C)cc3c(C(=O)NC(C)C)c2C)cn1. The van der Waals surface area contributed by atoms with E-state index in [0.717, 1.165) is 46.3 Å². The van der Waals surface area contributed by atoms with E-state index in [-0.39, 0.29) is 11.9 Å². The average molecular weight is 350 g/mol. The highest BCUT2D eigenvalue weighted by molar-refractivity contribution is 6.09. The van der Waals surface area contributed by atoms with E-state index in [1.54, 1.807) is 0 Å². The van der Waals surface area contributed by atoms with Crippen LogP contribution in [0.15, 0.2) is 30.6 Å². The van der Waals surface area contributed by atoms with Gasteiger partial charge in [-0.3, -0.25) is 9.48 Å². The summed E-state index contributed by atoms with van der Waals surface area (Å²) < 4.78 is 1.92. The number of aromatic nitrogens is 3. The smallest absolute Gasteiger partial charge is 0.252 e. The quantitative estimate of drug-likeness (QED) is 0.748. The Hall–Kier alpha value is -2.69. The Morgan fingerprint density at radius 2 is 2.04 bits per heavy atom. The molecule has 3 aromatic rings. The molecule has 0 atom stereocenters. The lowest BCUT2D eigenvalue weighted by atomic mass is 9.97. The predicted molar refractivity (Wildman–Crippen MR) is 105 cm³/mol. The highest BCUT2D eigenvalue weighted by Crippen LogP contribution is 2.30. The van der Waals surface area contributed by atoms with Crippen molar-refractivity contribution in [2.75, 3.05) is 0 Å². The van der Waals surface area contributed by atoms with Crippen LogP contribution in [0.5, 0.6) is 0 Å². The number of fused-ring (bicyclic) bond motifs is 1.